The van der Waals surface area contributed by atoms with Gasteiger partial charge in [0.25, 0.3) is 11.5 Å². The fraction of sp³-hybridized carbons (Fsp3) is 0.562. The molecule has 26 heavy (non-hydrogen) atoms. The average Bonchev–Trinajstić information content (AvgIpc) is 3.19. The van der Waals surface area contributed by atoms with Gasteiger partial charge in [0, 0.05) is 23.8 Å². The summed E-state index contributed by atoms with van der Waals surface area (Å²) in [6.07, 6.45) is -0.752. The van der Waals surface area contributed by atoms with Gasteiger partial charge < -0.3 is 5.11 Å². The Morgan fingerprint density at radius 2 is 2.12 bits per heavy atom. The van der Waals surface area contributed by atoms with Crippen molar-refractivity contribution in [3.05, 3.63) is 31.3 Å². The summed E-state index contributed by atoms with van der Waals surface area (Å²) in [4.78, 5) is 44.7. The number of aliphatic hydroxyl groups is 1. The number of rotatable bonds is 4. The first-order valence-electron chi connectivity index (χ1n) is 8.20. The second-order valence-electron chi connectivity index (χ2n) is 6.68. The Morgan fingerprint density at radius 1 is 1.42 bits per heavy atom. The lowest BCUT2D eigenvalue weighted by Gasteiger charge is -2.15. The van der Waals surface area contributed by atoms with Gasteiger partial charge >= 0.3 is 5.69 Å². The van der Waals surface area contributed by atoms with E-state index in [0.717, 1.165) is 9.63 Å². The molecule has 1 aliphatic heterocycles. The largest absolute Gasteiger partial charge is 0.389 e. The van der Waals surface area contributed by atoms with Crippen molar-refractivity contribution >= 4 is 43.4 Å². The first-order chi connectivity index (χ1) is 12.3. The average molecular weight is 446 g/mol. The molecule has 3 rings (SSSR count). The fourth-order valence-electron chi connectivity index (χ4n) is 2.96. The minimum Gasteiger partial charge on any atom is -0.389 e. The number of carbonyl (C=O) groups is 1. The standard InChI is InChI=1S/C16H20BrN3O5S/c1-8(2)5-19-15-12(13(22)18(3)16(19)24)11(10(4-17)26-15)14(23)20-6-9(21)7-25-20/h8-9,21H,4-7H2,1-3H3. The number of aromatic nitrogens is 2. The predicted octanol–water partition coefficient (Wildman–Crippen LogP) is 1.06. The van der Waals surface area contributed by atoms with E-state index >= 15 is 0 Å². The molecule has 10 heteroatoms. The summed E-state index contributed by atoms with van der Waals surface area (Å²) in [5, 5.41) is 11.3. The number of hydroxylamine groups is 2. The first-order valence-corrected chi connectivity index (χ1v) is 10.1. The lowest BCUT2D eigenvalue weighted by atomic mass is 10.1. The first kappa shape index (κ1) is 19.3. The van der Waals surface area contributed by atoms with Gasteiger partial charge in [-0.05, 0) is 5.92 Å². The highest BCUT2D eigenvalue weighted by atomic mass is 79.9. The lowest BCUT2D eigenvalue weighted by Crippen LogP contribution is -2.39. The zero-order valence-corrected chi connectivity index (χ0v) is 17.1. The zero-order chi connectivity index (χ0) is 19.2. The third-order valence-electron chi connectivity index (χ3n) is 4.15. The Kier molecular flexibility index (Phi) is 5.38. The lowest BCUT2D eigenvalue weighted by molar-refractivity contribution is -0.0778. The van der Waals surface area contributed by atoms with Crippen LogP contribution in [-0.4, -0.2) is 44.5 Å². The van der Waals surface area contributed by atoms with Crippen LogP contribution >= 0.6 is 27.3 Å². The molecule has 1 aliphatic rings. The van der Waals surface area contributed by atoms with Crippen molar-refractivity contribution in [2.45, 2.75) is 31.8 Å². The third kappa shape index (κ3) is 3.15. The second kappa shape index (κ2) is 7.26. The zero-order valence-electron chi connectivity index (χ0n) is 14.7. The SMILES string of the molecule is CC(C)Cn1c(=O)n(C)c(=O)c2c(C(=O)N3CC(O)CO3)c(CBr)sc21. The van der Waals surface area contributed by atoms with Crippen molar-refractivity contribution in [1.29, 1.82) is 0 Å². The van der Waals surface area contributed by atoms with Crippen molar-refractivity contribution in [3.8, 4) is 0 Å². The number of β-amino-alcohol motifs (C(OH)–C–C–N with tert-alkyl or cyclic N) is 1. The highest BCUT2D eigenvalue weighted by molar-refractivity contribution is 9.08. The monoisotopic (exact) mass is 445 g/mol. The number of amides is 1. The molecule has 1 atom stereocenters. The summed E-state index contributed by atoms with van der Waals surface area (Å²) in [6.45, 7) is 4.48. The van der Waals surface area contributed by atoms with E-state index in [0.29, 0.717) is 21.6 Å². The van der Waals surface area contributed by atoms with E-state index in [2.05, 4.69) is 15.9 Å². The topological polar surface area (TPSA) is 93.8 Å². The third-order valence-corrected chi connectivity index (χ3v) is 6.30. The number of carbonyl (C=O) groups excluding carboxylic acids is 1. The molecule has 142 valence electrons. The number of nitrogens with zero attached hydrogens (tertiary/aromatic N) is 3. The molecule has 0 aliphatic carbocycles. The highest BCUT2D eigenvalue weighted by Gasteiger charge is 2.32. The Morgan fingerprint density at radius 3 is 2.65 bits per heavy atom. The van der Waals surface area contributed by atoms with E-state index in [1.807, 2.05) is 13.8 Å². The maximum absolute atomic E-state index is 13.0. The molecule has 0 bridgehead atoms. The molecule has 1 unspecified atom stereocenters. The number of fused-ring (bicyclic) bond motifs is 1. The molecule has 1 saturated heterocycles. The Balaban J connectivity index is 2.29. The maximum atomic E-state index is 13.0. The normalized spacial score (nSPS) is 17.6. The van der Waals surface area contributed by atoms with Gasteiger partial charge in [-0.25, -0.2) is 9.86 Å². The molecular weight excluding hydrogens is 426 g/mol. The number of hydrogen-bond acceptors (Lipinski definition) is 6. The number of thiophene rings is 1. The van der Waals surface area contributed by atoms with Gasteiger partial charge in [0.2, 0.25) is 0 Å². The van der Waals surface area contributed by atoms with Crippen molar-refractivity contribution < 1.29 is 14.7 Å². The molecule has 2 aromatic rings. The minimum atomic E-state index is -0.752. The van der Waals surface area contributed by atoms with Crippen LogP contribution in [0.25, 0.3) is 10.2 Å². The van der Waals surface area contributed by atoms with Crippen LogP contribution in [0.2, 0.25) is 0 Å². The molecule has 1 amide bonds. The molecule has 1 fully saturated rings. The molecular formula is C16H20BrN3O5S. The van der Waals surface area contributed by atoms with Gasteiger partial charge in [-0.15, -0.1) is 11.3 Å². The van der Waals surface area contributed by atoms with Crippen LogP contribution in [0.3, 0.4) is 0 Å². The van der Waals surface area contributed by atoms with Crippen molar-refractivity contribution in [2.24, 2.45) is 13.0 Å². The van der Waals surface area contributed by atoms with E-state index < -0.39 is 23.3 Å². The maximum Gasteiger partial charge on any atom is 0.331 e. The van der Waals surface area contributed by atoms with Gasteiger partial charge in [-0.3, -0.25) is 23.6 Å². The van der Waals surface area contributed by atoms with Gasteiger partial charge in [0.15, 0.2) is 0 Å². The molecule has 2 aromatic heterocycles. The molecule has 1 N–H and O–H groups in total. The number of aliphatic hydroxyl groups excluding tert-OH is 1. The fourth-order valence-corrected chi connectivity index (χ4v) is 4.72. The summed E-state index contributed by atoms with van der Waals surface area (Å²) in [7, 11) is 1.41. The van der Waals surface area contributed by atoms with Gasteiger partial charge in [-0.1, -0.05) is 29.8 Å². The minimum absolute atomic E-state index is 0.0352. The van der Waals surface area contributed by atoms with E-state index in [4.69, 9.17) is 4.84 Å². The van der Waals surface area contributed by atoms with Crippen molar-refractivity contribution in [2.75, 3.05) is 13.2 Å². The predicted molar refractivity (Wildman–Crippen MR) is 102 cm³/mol. The van der Waals surface area contributed by atoms with Crippen LogP contribution in [0.4, 0.5) is 0 Å². The molecule has 0 radical (unpaired) electrons. The Labute approximate surface area is 161 Å². The van der Waals surface area contributed by atoms with Crippen LogP contribution in [0.1, 0.15) is 29.1 Å². The molecule has 3 heterocycles. The van der Waals surface area contributed by atoms with Crippen LogP contribution in [0, 0.1) is 5.92 Å². The molecule has 0 saturated carbocycles. The Bertz CT molecular complexity index is 977. The highest BCUT2D eigenvalue weighted by Crippen LogP contribution is 2.32. The van der Waals surface area contributed by atoms with E-state index in [1.54, 1.807) is 4.57 Å². The smallest absolute Gasteiger partial charge is 0.331 e. The summed E-state index contributed by atoms with van der Waals surface area (Å²) < 4.78 is 2.58. The van der Waals surface area contributed by atoms with Gasteiger partial charge in [0.05, 0.1) is 17.5 Å². The molecule has 0 spiro atoms. The quantitative estimate of drug-likeness (QED) is 0.710. The van der Waals surface area contributed by atoms with E-state index in [1.165, 1.54) is 18.4 Å². The Hall–Kier alpha value is -1.49. The van der Waals surface area contributed by atoms with Crippen molar-refractivity contribution in [1.82, 2.24) is 14.2 Å². The van der Waals surface area contributed by atoms with Crippen LogP contribution in [0.15, 0.2) is 9.59 Å². The molecule has 8 nitrogen and oxygen atoms in total. The second-order valence-corrected chi connectivity index (χ2v) is 8.33. The van der Waals surface area contributed by atoms with Crippen LogP contribution < -0.4 is 11.2 Å². The molecule has 0 aromatic carbocycles. The summed E-state index contributed by atoms with van der Waals surface area (Å²) >= 11 is 4.62. The van der Waals surface area contributed by atoms with Crippen LogP contribution in [0.5, 0.6) is 0 Å². The van der Waals surface area contributed by atoms with E-state index in [-0.39, 0.29) is 30.0 Å². The number of halogens is 1. The number of hydrogen-bond donors (Lipinski definition) is 1. The van der Waals surface area contributed by atoms with Gasteiger partial charge in [0.1, 0.15) is 17.5 Å². The van der Waals surface area contributed by atoms with Gasteiger partial charge in [-0.2, -0.15) is 0 Å². The summed E-state index contributed by atoms with van der Waals surface area (Å²) in [6, 6.07) is 0. The summed E-state index contributed by atoms with van der Waals surface area (Å²) in [5.41, 5.74) is -0.670. The number of alkyl halides is 1. The van der Waals surface area contributed by atoms with Crippen molar-refractivity contribution in [3.63, 3.8) is 0 Å². The van der Waals surface area contributed by atoms with E-state index in [9.17, 15) is 19.5 Å². The van der Waals surface area contributed by atoms with Crippen LogP contribution in [-0.2, 0) is 23.8 Å². The summed E-state index contributed by atoms with van der Waals surface area (Å²) in [5.74, 6) is -0.284.